The maximum Gasteiger partial charge on any atom is 0.269 e. The van der Waals surface area contributed by atoms with E-state index in [1.54, 1.807) is 30.5 Å². The van der Waals surface area contributed by atoms with Gasteiger partial charge in [0.1, 0.15) is 22.8 Å². The first-order chi connectivity index (χ1) is 22.8. The van der Waals surface area contributed by atoms with Crippen LogP contribution in [0.1, 0.15) is 44.7 Å². The maximum absolute atomic E-state index is 13.5. The molecule has 0 atom stereocenters. The van der Waals surface area contributed by atoms with Crippen LogP contribution in [0.4, 0.5) is 0 Å². The molecule has 0 unspecified atom stereocenters. The fourth-order valence-corrected chi connectivity index (χ4v) is 7.62. The second-order valence-electron chi connectivity index (χ2n) is 11.4. The number of sulfonamides is 1. The summed E-state index contributed by atoms with van der Waals surface area (Å²) < 4.78 is 34.5. The zero-order valence-electron chi connectivity index (χ0n) is 25.4. The van der Waals surface area contributed by atoms with Gasteiger partial charge >= 0.3 is 0 Å². The third-order valence-electron chi connectivity index (χ3n) is 8.25. The van der Waals surface area contributed by atoms with Crippen molar-refractivity contribution in [3.05, 3.63) is 137 Å². The van der Waals surface area contributed by atoms with Crippen molar-refractivity contribution >= 4 is 44.3 Å². The van der Waals surface area contributed by atoms with Gasteiger partial charge in [0, 0.05) is 35.8 Å². The number of para-hydroxylation sites is 1. The Hall–Kier alpha value is -4.77. The molecular weight excluding hydrogens is 636 g/mol. The Morgan fingerprint density at radius 1 is 0.809 bits per heavy atom. The van der Waals surface area contributed by atoms with Crippen LogP contribution in [0.5, 0.6) is 5.75 Å². The molecule has 1 aromatic heterocycles. The molecule has 4 aromatic carbocycles. The van der Waals surface area contributed by atoms with Crippen LogP contribution >= 0.6 is 11.6 Å². The standard InChI is InChI=1S/C36H33ClN4O5S/c37-31-16-15-30(23-33(31)47(44,45)41-20-17-26(18-21-41)22-25-6-2-1-3-7-25)36(43)40-39-35(42)29-13-11-27(12-14-29)24-46-32-10-4-8-28-9-5-19-38-34(28)32/h1-16,19,23,26H,17-18,20-22,24H2,(H,39,42)(H,40,43). The first kappa shape index (κ1) is 32.2. The Bertz CT molecular complexity index is 1990. The highest BCUT2D eigenvalue weighted by atomic mass is 35.5. The van der Waals surface area contributed by atoms with E-state index >= 15 is 0 Å². The molecule has 9 nitrogen and oxygen atoms in total. The number of hydrazine groups is 1. The Balaban J connectivity index is 1.03. The summed E-state index contributed by atoms with van der Waals surface area (Å²) in [5.41, 5.74) is 7.95. The smallest absolute Gasteiger partial charge is 0.269 e. The number of fused-ring (bicyclic) bond motifs is 1. The van der Waals surface area contributed by atoms with E-state index in [2.05, 4.69) is 28.0 Å². The zero-order valence-corrected chi connectivity index (χ0v) is 27.0. The molecule has 0 spiro atoms. The van der Waals surface area contributed by atoms with Crippen LogP contribution in [-0.4, -0.2) is 42.6 Å². The minimum atomic E-state index is -3.94. The topological polar surface area (TPSA) is 118 Å². The van der Waals surface area contributed by atoms with Gasteiger partial charge < -0.3 is 4.74 Å². The maximum atomic E-state index is 13.5. The number of hydrogen-bond acceptors (Lipinski definition) is 6. The first-order valence-corrected chi connectivity index (χ1v) is 17.1. The van der Waals surface area contributed by atoms with Gasteiger partial charge in [0.15, 0.2) is 0 Å². The van der Waals surface area contributed by atoms with E-state index in [-0.39, 0.29) is 22.1 Å². The van der Waals surface area contributed by atoms with Crippen LogP contribution in [0.2, 0.25) is 5.02 Å². The van der Waals surface area contributed by atoms with Gasteiger partial charge in [-0.25, -0.2) is 8.42 Å². The van der Waals surface area contributed by atoms with Crippen molar-refractivity contribution in [1.82, 2.24) is 20.1 Å². The highest BCUT2D eigenvalue weighted by Gasteiger charge is 2.31. The lowest BCUT2D eigenvalue weighted by Gasteiger charge is -2.31. The Kier molecular flexibility index (Phi) is 9.81. The molecule has 0 aliphatic carbocycles. The summed E-state index contributed by atoms with van der Waals surface area (Å²) >= 11 is 6.32. The molecule has 240 valence electrons. The number of benzene rings is 4. The Morgan fingerprint density at radius 3 is 2.23 bits per heavy atom. The minimum Gasteiger partial charge on any atom is -0.487 e. The molecule has 5 aromatic rings. The summed E-state index contributed by atoms with van der Waals surface area (Å²) in [6, 6.07) is 30.5. The molecule has 1 aliphatic rings. The quantitative estimate of drug-likeness (QED) is 0.181. The number of nitrogens with zero attached hydrogens (tertiary/aromatic N) is 2. The predicted octanol–water partition coefficient (Wildman–Crippen LogP) is 6.19. The summed E-state index contributed by atoms with van der Waals surface area (Å²) in [6.45, 7) is 1.02. The molecule has 2 heterocycles. The van der Waals surface area contributed by atoms with Crippen molar-refractivity contribution in [1.29, 1.82) is 0 Å². The van der Waals surface area contributed by atoms with E-state index < -0.39 is 21.8 Å². The third kappa shape index (κ3) is 7.62. The van der Waals surface area contributed by atoms with Crippen LogP contribution in [0.15, 0.2) is 114 Å². The van der Waals surface area contributed by atoms with Gasteiger partial charge in [0.25, 0.3) is 11.8 Å². The largest absolute Gasteiger partial charge is 0.487 e. The number of rotatable bonds is 9. The molecule has 47 heavy (non-hydrogen) atoms. The van der Waals surface area contributed by atoms with Gasteiger partial charge in [0.2, 0.25) is 10.0 Å². The van der Waals surface area contributed by atoms with E-state index in [0.717, 1.165) is 35.7 Å². The summed E-state index contributed by atoms with van der Waals surface area (Å²) in [5.74, 6) is -0.169. The van der Waals surface area contributed by atoms with Gasteiger partial charge in [0.05, 0.1) is 5.02 Å². The number of nitrogens with one attached hydrogen (secondary N) is 2. The van der Waals surface area contributed by atoms with Crippen molar-refractivity contribution in [2.75, 3.05) is 13.1 Å². The highest BCUT2D eigenvalue weighted by Crippen LogP contribution is 2.30. The number of aromatic nitrogens is 1. The molecule has 1 aliphatic heterocycles. The fourth-order valence-electron chi connectivity index (χ4n) is 5.65. The second-order valence-corrected chi connectivity index (χ2v) is 13.7. The van der Waals surface area contributed by atoms with Crippen LogP contribution in [0.3, 0.4) is 0 Å². The van der Waals surface area contributed by atoms with Crippen LogP contribution in [0, 0.1) is 5.92 Å². The number of hydrogen-bond donors (Lipinski definition) is 2. The molecule has 0 radical (unpaired) electrons. The van der Waals surface area contributed by atoms with Gasteiger partial charge in [-0.05, 0) is 78.8 Å². The molecule has 2 N–H and O–H groups in total. The zero-order chi connectivity index (χ0) is 32.8. The van der Waals surface area contributed by atoms with Crippen molar-refractivity contribution in [3.63, 3.8) is 0 Å². The van der Waals surface area contributed by atoms with Gasteiger partial charge in [-0.3, -0.25) is 25.4 Å². The predicted molar refractivity (Wildman–Crippen MR) is 181 cm³/mol. The number of ether oxygens (including phenoxy) is 1. The normalized spacial score (nSPS) is 14.1. The molecule has 0 bridgehead atoms. The molecule has 0 saturated carbocycles. The van der Waals surface area contributed by atoms with Crippen molar-refractivity contribution in [3.8, 4) is 5.75 Å². The van der Waals surface area contributed by atoms with E-state index in [0.29, 0.717) is 30.3 Å². The summed E-state index contributed by atoms with van der Waals surface area (Å²) in [4.78, 5) is 29.9. The number of carbonyl (C=O) groups is 2. The van der Waals surface area contributed by atoms with Gasteiger partial charge in [-0.15, -0.1) is 0 Å². The van der Waals surface area contributed by atoms with Crippen molar-refractivity contribution in [2.24, 2.45) is 5.92 Å². The van der Waals surface area contributed by atoms with E-state index in [1.807, 2.05) is 48.5 Å². The number of carbonyl (C=O) groups excluding carboxylic acids is 2. The van der Waals surface area contributed by atoms with E-state index in [4.69, 9.17) is 16.3 Å². The van der Waals surface area contributed by atoms with Crippen molar-refractivity contribution < 1.29 is 22.7 Å². The molecule has 1 fully saturated rings. The number of amides is 2. The van der Waals surface area contributed by atoms with Crippen LogP contribution in [0.25, 0.3) is 10.9 Å². The van der Waals surface area contributed by atoms with Crippen molar-refractivity contribution in [2.45, 2.75) is 30.8 Å². The van der Waals surface area contributed by atoms with Gasteiger partial charge in [-0.1, -0.05) is 72.3 Å². The molecule has 2 amide bonds. The van der Waals surface area contributed by atoms with Crippen LogP contribution in [-0.2, 0) is 23.1 Å². The molecular formula is C36H33ClN4O5S. The third-order valence-corrected chi connectivity index (χ3v) is 10.6. The monoisotopic (exact) mass is 668 g/mol. The van der Waals surface area contributed by atoms with Gasteiger partial charge in [-0.2, -0.15) is 4.31 Å². The average Bonchev–Trinajstić information content (AvgIpc) is 3.10. The summed E-state index contributed by atoms with van der Waals surface area (Å²) in [5, 5.41) is 1.00. The highest BCUT2D eigenvalue weighted by molar-refractivity contribution is 7.89. The molecule has 11 heteroatoms. The Labute approximate surface area is 278 Å². The number of halogens is 1. The first-order valence-electron chi connectivity index (χ1n) is 15.3. The lowest BCUT2D eigenvalue weighted by molar-refractivity contribution is 0.0846. The lowest BCUT2D eigenvalue weighted by atomic mass is 9.91. The Morgan fingerprint density at radius 2 is 1.49 bits per heavy atom. The summed E-state index contributed by atoms with van der Waals surface area (Å²) in [6.07, 6.45) is 4.08. The van der Waals surface area contributed by atoms with Crippen LogP contribution < -0.4 is 15.6 Å². The number of pyridine rings is 1. The fraction of sp³-hybridized carbons (Fsp3) is 0.194. The number of piperidine rings is 1. The lowest BCUT2D eigenvalue weighted by Crippen LogP contribution is -2.42. The summed E-state index contributed by atoms with van der Waals surface area (Å²) in [7, 11) is -3.94. The molecule has 6 rings (SSSR count). The van der Waals surface area contributed by atoms with E-state index in [1.165, 1.54) is 28.1 Å². The second kappa shape index (κ2) is 14.3. The molecule has 1 saturated heterocycles. The SMILES string of the molecule is O=C(NNC(=O)c1ccc(Cl)c(S(=O)(=O)N2CCC(Cc3ccccc3)CC2)c1)c1ccc(COc2cccc3cccnc23)cc1. The minimum absolute atomic E-state index is 0.0257. The average molecular weight is 669 g/mol. The van der Waals surface area contributed by atoms with E-state index in [9.17, 15) is 18.0 Å².